The Morgan fingerprint density at radius 1 is 0.306 bits per heavy atom. The fourth-order valence-corrected chi connectivity index (χ4v) is 8.27. The van der Waals surface area contributed by atoms with E-state index in [0.717, 1.165) is 27.8 Å². The Bertz CT molecular complexity index is 2890. The number of rotatable bonds is 4. The molecule has 2 heterocycles. The lowest BCUT2D eigenvalue weighted by molar-refractivity contribution is 1.08. The first-order valence-electron chi connectivity index (χ1n) is 16.4. The van der Waals surface area contributed by atoms with Gasteiger partial charge in [0.15, 0.2) is 17.5 Å². The van der Waals surface area contributed by atoms with Crippen molar-refractivity contribution in [2.45, 2.75) is 0 Å². The van der Waals surface area contributed by atoms with E-state index >= 15 is 0 Å². The van der Waals surface area contributed by atoms with Gasteiger partial charge >= 0.3 is 0 Å². The summed E-state index contributed by atoms with van der Waals surface area (Å²) in [5.41, 5.74) is 5.11. The molecule has 10 aromatic rings. The highest BCUT2D eigenvalue weighted by Crippen LogP contribution is 2.38. The first-order valence-corrected chi connectivity index (χ1v) is 17.3. The smallest absolute Gasteiger partial charge is 0.164 e. The Balaban J connectivity index is 1.21. The third-order valence-electron chi connectivity index (χ3n) is 9.53. The van der Waals surface area contributed by atoms with Crippen molar-refractivity contribution in [1.82, 2.24) is 15.0 Å². The molecule has 3 nitrogen and oxygen atoms in total. The van der Waals surface area contributed by atoms with Gasteiger partial charge in [0.1, 0.15) is 0 Å². The predicted octanol–water partition coefficient (Wildman–Crippen LogP) is 12.4. The zero-order valence-corrected chi connectivity index (χ0v) is 27.2. The summed E-state index contributed by atoms with van der Waals surface area (Å²) in [5, 5.41) is 9.86. The number of nitrogens with zero attached hydrogens (tertiary/aromatic N) is 3. The van der Waals surface area contributed by atoms with Crippen LogP contribution in [0, 0.1) is 0 Å². The molecule has 0 N–H and O–H groups in total. The molecule has 0 fully saturated rings. The van der Waals surface area contributed by atoms with Crippen molar-refractivity contribution in [3.05, 3.63) is 164 Å². The maximum absolute atomic E-state index is 5.20. The standard InChI is InChI=1S/C45H27N3S/c1-2-10-28(11-3-1)34-14-6-7-16-39(34)45-47-43(46-44(48-45)32-22-25-38-37-15-8-9-17-41(37)49-42(38)27-32)31-19-18-30-21-23-35-33-13-5-4-12-29(33)20-24-36(35)40(30)26-31/h1-27H. The Morgan fingerprint density at radius 2 is 0.857 bits per heavy atom. The van der Waals surface area contributed by atoms with Gasteiger partial charge in [-0.2, -0.15) is 0 Å². The van der Waals surface area contributed by atoms with E-state index in [0.29, 0.717) is 17.5 Å². The number of benzene rings is 8. The normalized spacial score (nSPS) is 11.7. The Labute approximate surface area is 286 Å². The number of fused-ring (bicyclic) bond motifs is 8. The molecule has 4 heteroatoms. The molecule has 0 unspecified atom stereocenters. The molecule has 228 valence electrons. The predicted molar refractivity (Wildman–Crippen MR) is 207 cm³/mol. The van der Waals surface area contributed by atoms with Crippen molar-refractivity contribution in [1.29, 1.82) is 0 Å². The molecule has 0 aliphatic carbocycles. The van der Waals surface area contributed by atoms with E-state index in [1.165, 1.54) is 52.5 Å². The highest BCUT2D eigenvalue weighted by Gasteiger charge is 2.17. The summed E-state index contributed by atoms with van der Waals surface area (Å²) in [6.07, 6.45) is 0. The molecule has 0 aliphatic rings. The highest BCUT2D eigenvalue weighted by molar-refractivity contribution is 7.25. The molecule has 49 heavy (non-hydrogen) atoms. The minimum atomic E-state index is 0.652. The fourth-order valence-electron chi connectivity index (χ4n) is 7.12. The van der Waals surface area contributed by atoms with E-state index in [1.54, 1.807) is 11.3 Å². The summed E-state index contributed by atoms with van der Waals surface area (Å²) in [4.78, 5) is 15.6. The van der Waals surface area contributed by atoms with Crippen molar-refractivity contribution in [2.24, 2.45) is 0 Å². The number of aromatic nitrogens is 3. The quantitative estimate of drug-likeness (QED) is 0.180. The molecule has 0 amide bonds. The lowest BCUT2D eigenvalue weighted by atomic mass is 9.96. The monoisotopic (exact) mass is 641 g/mol. The van der Waals surface area contributed by atoms with Crippen LogP contribution in [0.25, 0.3) is 97.8 Å². The maximum Gasteiger partial charge on any atom is 0.164 e. The van der Waals surface area contributed by atoms with Gasteiger partial charge < -0.3 is 0 Å². The first kappa shape index (κ1) is 27.8. The van der Waals surface area contributed by atoms with Crippen LogP contribution in [-0.4, -0.2) is 15.0 Å². The maximum atomic E-state index is 5.20. The zero-order chi connectivity index (χ0) is 32.3. The third kappa shape index (κ3) is 4.68. The molecule has 8 aromatic carbocycles. The fraction of sp³-hybridized carbons (Fsp3) is 0. The van der Waals surface area contributed by atoms with Gasteiger partial charge in [-0.15, -0.1) is 11.3 Å². The van der Waals surface area contributed by atoms with Crippen LogP contribution < -0.4 is 0 Å². The Kier molecular flexibility index (Phi) is 6.36. The summed E-state index contributed by atoms with van der Waals surface area (Å²) < 4.78 is 2.50. The summed E-state index contributed by atoms with van der Waals surface area (Å²) in [6, 6.07) is 58.1. The molecule has 0 atom stereocenters. The lowest BCUT2D eigenvalue weighted by Gasteiger charge is -2.13. The molecule has 0 radical (unpaired) electrons. The minimum absolute atomic E-state index is 0.652. The van der Waals surface area contributed by atoms with Crippen LogP contribution in [0.15, 0.2) is 164 Å². The summed E-state index contributed by atoms with van der Waals surface area (Å²) >= 11 is 1.80. The van der Waals surface area contributed by atoms with Gasteiger partial charge in [0.2, 0.25) is 0 Å². The van der Waals surface area contributed by atoms with Crippen molar-refractivity contribution in [3.8, 4) is 45.3 Å². The zero-order valence-electron chi connectivity index (χ0n) is 26.3. The second-order valence-corrected chi connectivity index (χ2v) is 13.5. The first-order chi connectivity index (χ1) is 24.3. The molecule has 0 aliphatic heterocycles. The van der Waals surface area contributed by atoms with E-state index < -0.39 is 0 Å². The van der Waals surface area contributed by atoms with Crippen LogP contribution in [-0.2, 0) is 0 Å². The Hall–Kier alpha value is -6.23. The summed E-state index contributed by atoms with van der Waals surface area (Å²) in [6.45, 7) is 0. The van der Waals surface area contributed by atoms with Gasteiger partial charge in [0.25, 0.3) is 0 Å². The van der Waals surface area contributed by atoms with Crippen LogP contribution in [0.5, 0.6) is 0 Å². The summed E-state index contributed by atoms with van der Waals surface area (Å²) in [5.74, 6) is 1.96. The molecule has 2 aromatic heterocycles. The van der Waals surface area contributed by atoms with Crippen molar-refractivity contribution in [3.63, 3.8) is 0 Å². The molecule has 0 saturated heterocycles. The van der Waals surface area contributed by atoms with Gasteiger partial charge in [-0.25, -0.2) is 15.0 Å². The van der Waals surface area contributed by atoms with Crippen LogP contribution in [0.4, 0.5) is 0 Å². The van der Waals surface area contributed by atoms with Crippen LogP contribution in [0.3, 0.4) is 0 Å². The van der Waals surface area contributed by atoms with E-state index in [-0.39, 0.29) is 0 Å². The van der Waals surface area contributed by atoms with E-state index in [4.69, 9.17) is 15.0 Å². The molecular formula is C45H27N3S. The van der Waals surface area contributed by atoms with Gasteiger partial charge in [-0.1, -0.05) is 146 Å². The van der Waals surface area contributed by atoms with Gasteiger partial charge in [-0.3, -0.25) is 0 Å². The van der Waals surface area contributed by atoms with Gasteiger partial charge in [0, 0.05) is 36.9 Å². The van der Waals surface area contributed by atoms with Crippen molar-refractivity contribution < 1.29 is 0 Å². The van der Waals surface area contributed by atoms with Crippen molar-refractivity contribution >= 4 is 63.8 Å². The lowest BCUT2D eigenvalue weighted by Crippen LogP contribution is -2.01. The van der Waals surface area contributed by atoms with Crippen LogP contribution in [0.2, 0.25) is 0 Å². The Morgan fingerprint density at radius 3 is 1.69 bits per heavy atom. The molecular weight excluding hydrogens is 615 g/mol. The van der Waals surface area contributed by atoms with Crippen LogP contribution >= 0.6 is 11.3 Å². The minimum Gasteiger partial charge on any atom is -0.208 e. The van der Waals surface area contributed by atoms with E-state index in [9.17, 15) is 0 Å². The molecule has 0 spiro atoms. The molecule has 0 saturated carbocycles. The average molecular weight is 642 g/mol. The van der Waals surface area contributed by atoms with Crippen LogP contribution in [0.1, 0.15) is 0 Å². The largest absolute Gasteiger partial charge is 0.208 e. The molecule has 10 rings (SSSR count). The average Bonchev–Trinajstić information content (AvgIpc) is 3.55. The van der Waals surface area contributed by atoms with Gasteiger partial charge in [-0.05, 0) is 61.6 Å². The van der Waals surface area contributed by atoms with Gasteiger partial charge in [0.05, 0.1) is 0 Å². The number of thiophene rings is 1. The second kappa shape index (κ2) is 11.2. The molecule has 0 bridgehead atoms. The summed E-state index contributed by atoms with van der Waals surface area (Å²) in [7, 11) is 0. The van der Waals surface area contributed by atoms with Crippen molar-refractivity contribution in [2.75, 3.05) is 0 Å². The van der Waals surface area contributed by atoms with E-state index in [1.807, 2.05) is 6.07 Å². The number of hydrogen-bond donors (Lipinski definition) is 0. The third-order valence-corrected chi connectivity index (χ3v) is 10.7. The SMILES string of the molecule is c1ccc(-c2ccccc2-c2nc(-c3ccc4c(c3)sc3ccccc34)nc(-c3ccc4ccc5c6ccccc6ccc5c4c3)n2)cc1. The highest BCUT2D eigenvalue weighted by atomic mass is 32.1. The topological polar surface area (TPSA) is 38.7 Å². The second-order valence-electron chi connectivity index (χ2n) is 12.4. The number of hydrogen-bond acceptors (Lipinski definition) is 4. The van der Waals surface area contributed by atoms with E-state index in [2.05, 4.69) is 158 Å².